The van der Waals surface area contributed by atoms with Crippen LogP contribution in [0.4, 0.5) is 28.0 Å². The quantitative estimate of drug-likeness (QED) is 0.273. The summed E-state index contributed by atoms with van der Waals surface area (Å²) in [6.45, 7) is 3.50. The van der Waals surface area contributed by atoms with Crippen LogP contribution >= 0.6 is 23.2 Å². The number of ether oxygens (including phenoxy) is 1. The average Bonchev–Trinajstić information content (AvgIpc) is 3.43. The average molecular weight is 640 g/mol. The van der Waals surface area contributed by atoms with Crippen LogP contribution in [-0.2, 0) is 12.7 Å². The third-order valence-corrected chi connectivity index (χ3v) is 9.00. The zero-order valence-corrected chi connectivity index (χ0v) is 25.3. The van der Waals surface area contributed by atoms with E-state index in [0.29, 0.717) is 54.9 Å². The van der Waals surface area contributed by atoms with E-state index >= 15 is 0 Å². The molecule has 3 aromatic rings. The molecule has 0 saturated carbocycles. The zero-order valence-electron chi connectivity index (χ0n) is 23.8. The van der Waals surface area contributed by atoms with Gasteiger partial charge in [0.15, 0.2) is 0 Å². The summed E-state index contributed by atoms with van der Waals surface area (Å²) < 4.78 is 58.8. The Morgan fingerprint density at radius 1 is 0.930 bits per heavy atom. The molecule has 0 unspecified atom stereocenters. The fourth-order valence-electron chi connectivity index (χ4n) is 5.90. The topological polar surface area (TPSA) is 39.3 Å². The number of rotatable bonds is 6. The highest BCUT2D eigenvalue weighted by Crippen LogP contribution is 2.36. The number of likely N-dealkylation sites (tertiary alicyclic amines) is 1. The summed E-state index contributed by atoms with van der Waals surface area (Å²) in [5.74, 6) is -0.675. The number of likely N-dealkylation sites (N-methyl/N-ethyl adjacent to an activating group) is 1. The van der Waals surface area contributed by atoms with Gasteiger partial charge < -0.3 is 19.4 Å². The van der Waals surface area contributed by atoms with Crippen LogP contribution in [0.3, 0.4) is 0 Å². The van der Waals surface area contributed by atoms with Gasteiger partial charge in [-0.15, -0.1) is 0 Å². The van der Waals surface area contributed by atoms with Crippen molar-refractivity contribution in [2.24, 2.45) is 0 Å². The zero-order chi connectivity index (χ0) is 30.9. The van der Waals surface area contributed by atoms with Crippen molar-refractivity contribution < 1.29 is 27.1 Å². The highest BCUT2D eigenvalue weighted by molar-refractivity contribution is 6.42. The number of urea groups is 1. The molecular formula is C31H32Cl2F4N4O2. The molecule has 0 aliphatic carbocycles. The summed E-state index contributed by atoms with van der Waals surface area (Å²) in [5.41, 5.74) is 1.07. The minimum atomic E-state index is -4.76. The molecule has 2 aliphatic rings. The van der Waals surface area contributed by atoms with E-state index in [9.17, 15) is 22.4 Å². The summed E-state index contributed by atoms with van der Waals surface area (Å²) in [7, 11) is 3.45. The summed E-state index contributed by atoms with van der Waals surface area (Å²) in [5, 5.41) is 0.807. The molecule has 2 aliphatic heterocycles. The highest BCUT2D eigenvalue weighted by Gasteiger charge is 2.41. The van der Waals surface area contributed by atoms with Crippen LogP contribution in [0.1, 0.15) is 22.6 Å². The molecule has 0 radical (unpaired) electrons. The molecule has 12 heteroatoms. The van der Waals surface area contributed by atoms with Gasteiger partial charge in [0.1, 0.15) is 11.6 Å². The second-order valence-corrected chi connectivity index (χ2v) is 11.7. The number of anilines is 1. The van der Waals surface area contributed by atoms with Gasteiger partial charge in [-0.2, -0.15) is 13.2 Å². The summed E-state index contributed by atoms with van der Waals surface area (Å²) in [6.07, 6.45) is -4.76. The number of hydrogen-bond donors (Lipinski definition) is 0. The first-order chi connectivity index (χ1) is 20.4. The standard InChI is InChI=1S/C31H32Cl2F4N4O2/c1-38(17-20-3-9-25(28(34)15-20)31(35,36)37)29-19-41(18-24(29)21-4-10-26(32)27(33)16-21)30(42)40-13-11-39(12-14-40)22-5-7-23(43-2)8-6-22/h3-10,15-16,24,29H,11-14,17-19H2,1-2H3/t24-,29-/m1/s1. The van der Waals surface area contributed by atoms with Crippen LogP contribution in [0.25, 0.3) is 0 Å². The number of nitrogens with zero attached hydrogens (tertiary/aromatic N) is 4. The Morgan fingerprint density at radius 2 is 1.63 bits per heavy atom. The predicted molar refractivity (Wildman–Crippen MR) is 160 cm³/mol. The lowest BCUT2D eigenvalue weighted by atomic mass is 9.93. The van der Waals surface area contributed by atoms with Gasteiger partial charge in [-0.25, -0.2) is 9.18 Å². The molecule has 0 N–H and O–H groups in total. The van der Waals surface area contributed by atoms with Crippen molar-refractivity contribution in [2.75, 3.05) is 58.3 Å². The van der Waals surface area contributed by atoms with E-state index in [0.717, 1.165) is 29.1 Å². The third-order valence-electron chi connectivity index (χ3n) is 8.26. The molecule has 2 heterocycles. The van der Waals surface area contributed by atoms with E-state index in [2.05, 4.69) is 4.90 Å². The van der Waals surface area contributed by atoms with Crippen molar-refractivity contribution in [3.8, 4) is 5.75 Å². The number of methoxy groups -OCH3 is 1. The van der Waals surface area contributed by atoms with Crippen LogP contribution in [0.5, 0.6) is 5.75 Å². The number of hydrogen-bond acceptors (Lipinski definition) is 4. The first-order valence-electron chi connectivity index (χ1n) is 13.9. The Balaban J connectivity index is 1.30. The lowest BCUT2D eigenvalue weighted by molar-refractivity contribution is -0.140. The number of halogens is 6. The maximum atomic E-state index is 14.3. The molecule has 230 valence electrons. The molecule has 3 aromatic carbocycles. The Labute approximate surface area is 258 Å². The highest BCUT2D eigenvalue weighted by atomic mass is 35.5. The van der Waals surface area contributed by atoms with E-state index in [-0.39, 0.29) is 24.5 Å². The van der Waals surface area contributed by atoms with Crippen LogP contribution in [0.2, 0.25) is 10.0 Å². The van der Waals surface area contributed by atoms with Crippen molar-refractivity contribution in [2.45, 2.75) is 24.7 Å². The van der Waals surface area contributed by atoms with Crippen LogP contribution in [-0.4, -0.2) is 80.2 Å². The lowest BCUT2D eigenvalue weighted by Gasteiger charge is -2.38. The molecule has 6 nitrogen and oxygen atoms in total. The number of piperazine rings is 1. The summed E-state index contributed by atoms with van der Waals surface area (Å²) in [4.78, 5) is 21.6. The van der Waals surface area contributed by atoms with E-state index in [4.69, 9.17) is 27.9 Å². The van der Waals surface area contributed by atoms with Crippen LogP contribution in [0, 0.1) is 5.82 Å². The minimum Gasteiger partial charge on any atom is -0.497 e. The Bertz CT molecular complexity index is 1450. The van der Waals surface area contributed by atoms with Gasteiger partial charge in [0, 0.05) is 63.5 Å². The van der Waals surface area contributed by atoms with Gasteiger partial charge in [0.2, 0.25) is 0 Å². The van der Waals surface area contributed by atoms with Crippen molar-refractivity contribution in [3.05, 3.63) is 93.2 Å². The number of carbonyl (C=O) groups is 1. The minimum absolute atomic E-state index is 0.0732. The Morgan fingerprint density at radius 3 is 2.23 bits per heavy atom. The van der Waals surface area contributed by atoms with Crippen molar-refractivity contribution in [1.82, 2.24) is 14.7 Å². The molecule has 0 aromatic heterocycles. The van der Waals surface area contributed by atoms with Gasteiger partial charge in [-0.1, -0.05) is 35.3 Å². The van der Waals surface area contributed by atoms with Gasteiger partial charge in [0.25, 0.3) is 0 Å². The molecule has 0 bridgehead atoms. The number of alkyl halides is 3. The SMILES string of the molecule is COc1ccc(N2CCN(C(=O)N3C[C@H](c4ccc(Cl)c(Cl)c4)[C@H](N(C)Cc4ccc(C(F)(F)F)c(F)c4)C3)CC2)cc1. The molecule has 0 spiro atoms. The maximum Gasteiger partial charge on any atom is 0.419 e. The lowest BCUT2D eigenvalue weighted by Crippen LogP contribution is -2.52. The number of carbonyl (C=O) groups excluding carboxylic acids is 1. The molecule has 2 saturated heterocycles. The third kappa shape index (κ3) is 6.97. The van der Waals surface area contributed by atoms with Crippen molar-refractivity contribution in [1.29, 1.82) is 0 Å². The molecule has 43 heavy (non-hydrogen) atoms. The second-order valence-electron chi connectivity index (χ2n) is 10.9. The Kier molecular flexibility index (Phi) is 9.29. The van der Waals surface area contributed by atoms with Crippen molar-refractivity contribution in [3.63, 3.8) is 0 Å². The smallest absolute Gasteiger partial charge is 0.419 e. The van der Waals surface area contributed by atoms with Gasteiger partial charge >= 0.3 is 12.2 Å². The van der Waals surface area contributed by atoms with Crippen molar-refractivity contribution >= 4 is 34.9 Å². The second kappa shape index (κ2) is 12.8. The summed E-state index contributed by atoms with van der Waals surface area (Å²) >= 11 is 12.5. The normalized spacial score (nSPS) is 19.3. The van der Waals surface area contributed by atoms with E-state index in [1.165, 1.54) is 6.07 Å². The van der Waals surface area contributed by atoms with E-state index in [1.54, 1.807) is 19.2 Å². The first kappa shape index (κ1) is 31.2. The van der Waals surface area contributed by atoms with Gasteiger partial charge in [-0.05, 0) is 66.7 Å². The molecule has 2 atom stereocenters. The van der Waals surface area contributed by atoms with Gasteiger partial charge in [0.05, 0.1) is 22.7 Å². The predicted octanol–water partition coefficient (Wildman–Crippen LogP) is 7.00. The number of benzene rings is 3. The fraction of sp³-hybridized carbons (Fsp3) is 0.387. The molecule has 2 amide bonds. The number of amides is 2. The summed E-state index contributed by atoms with van der Waals surface area (Å²) in [6, 6.07) is 15.9. The molecule has 5 rings (SSSR count). The largest absolute Gasteiger partial charge is 0.497 e. The fourth-order valence-corrected chi connectivity index (χ4v) is 6.21. The molecular weight excluding hydrogens is 607 g/mol. The maximum absolute atomic E-state index is 14.3. The first-order valence-corrected chi connectivity index (χ1v) is 14.6. The monoisotopic (exact) mass is 638 g/mol. The van der Waals surface area contributed by atoms with E-state index in [1.807, 2.05) is 52.1 Å². The van der Waals surface area contributed by atoms with E-state index < -0.39 is 17.6 Å². The van der Waals surface area contributed by atoms with Gasteiger partial charge in [-0.3, -0.25) is 4.90 Å². The molecule has 2 fully saturated rings. The Hall–Kier alpha value is -3.21. The van der Waals surface area contributed by atoms with Crippen LogP contribution in [0.15, 0.2) is 60.7 Å². The van der Waals surface area contributed by atoms with Crippen LogP contribution < -0.4 is 9.64 Å².